The van der Waals surface area contributed by atoms with Crippen LogP contribution in [0.25, 0.3) is 0 Å². The first-order valence-electron chi connectivity index (χ1n) is 4.51. The number of rotatable bonds is 3. The molecule has 2 rings (SSSR count). The number of aromatic nitrogens is 3. The van der Waals surface area contributed by atoms with Crippen molar-refractivity contribution in [2.75, 3.05) is 6.54 Å². The fourth-order valence-corrected chi connectivity index (χ4v) is 2.51. The number of hydrogen-bond donors (Lipinski definition) is 1. The van der Waals surface area contributed by atoms with Gasteiger partial charge in [-0.1, -0.05) is 11.6 Å². The highest BCUT2D eigenvalue weighted by molar-refractivity contribution is 7.16. The molecule has 7 heteroatoms. The van der Waals surface area contributed by atoms with E-state index in [0.29, 0.717) is 10.9 Å². The Morgan fingerprint density at radius 1 is 1.62 bits per heavy atom. The van der Waals surface area contributed by atoms with Crippen molar-refractivity contribution in [3.63, 3.8) is 0 Å². The molecule has 5 nitrogen and oxygen atoms in total. The summed E-state index contributed by atoms with van der Waals surface area (Å²) in [6, 6.07) is 5.47. The van der Waals surface area contributed by atoms with Crippen LogP contribution in [0.15, 0.2) is 18.5 Å². The highest BCUT2D eigenvalue weighted by atomic mass is 35.5. The minimum Gasteiger partial charge on any atom is -0.328 e. The van der Waals surface area contributed by atoms with E-state index in [-0.39, 0.29) is 11.9 Å². The van der Waals surface area contributed by atoms with Gasteiger partial charge in [-0.2, -0.15) is 5.26 Å². The molecule has 2 heterocycles. The number of nitrogens with two attached hydrogens (primary N) is 1. The molecule has 0 spiro atoms. The summed E-state index contributed by atoms with van der Waals surface area (Å²) in [4.78, 5) is 4.84. The van der Waals surface area contributed by atoms with E-state index >= 15 is 0 Å². The predicted octanol–water partition coefficient (Wildman–Crippen LogP) is 1.41. The standard InChI is InChI=1S/C9H8ClN5S/c10-8-2-1-7(16-8)6(3-11)15-5-13-9(4-12)14-15/h1-2,5-6H,3,11H2. The lowest BCUT2D eigenvalue weighted by Crippen LogP contribution is -2.20. The van der Waals surface area contributed by atoms with E-state index in [1.807, 2.05) is 18.2 Å². The molecule has 0 aliphatic carbocycles. The molecule has 0 radical (unpaired) electrons. The van der Waals surface area contributed by atoms with E-state index in [1.165, 1.54) is 17.7 Å². The normalized spacial score (nSPS) is 12.3. The maximum Gasteiger partial charge on any atom is 0.252 e. The quantitative estimate of drug-likeness (QED) is 0.897. The second-order valence-electron chi connectivity index (χ2n) is 3.05. The highest BCUT2D eigenvalue weighted by Crippen LogP contribution is 2.28. The summed E-state index contributed by atoms with van der Waals surface area (Å²) in [7, 11) is 0. The van der Waals surface area contributed by atoms with Crippen molar-refractivity contribution in [1.82, 2.24) is 14.8 Å². The van der Waals surface area contributed by atoms with Crippen molar-refractivity contribution in [3.05, 3.63) is 33.5 Å². The van der Waals surface area contributed by atoms with Crippen LogP contribution in [-0.4, -0.2) is 21.3 Å². The molecule has 0 aromatic carbocycles. The average Bonchev–Trinajstić information content (AvgIpc) is 2.89. The first kappa shape index (κ1) is 11.1. The topological polar surface area (TPSA) is 80.5 Å². The molecule has 2 aromatic rings. The number of nitrogens with zero attached hydrogens (tertiary/aromatic N) is 4. The van der Waals surface area contributed by atoms with Gasteiger partial charge in [-0.25, -0.2) is 9.67 Å². The van der Waals surface area contributed by atoms with Crippen LogP contribution >= 0.6 is 22.9 Å². The Labute approximate surface area is 101 Å². The van der Waals surface area contributed by atoms with Gasteiger partial charge in [-0.05, 0) is 12.1 Å². The largest absolute Gasteiger partial charge is 0.328 e. The van der Waals surface area contributed by atoms with E-state index in [0.717, 1.165) is 4.88 Å². The monoisotopic (exact) mass is 253 g/mol. The molecule has 1 unspecified atom stereocenters. The van der Waals surface area contributed by atoms with Crippen LogP contribution in [0.2, 0.25) is 4.34 Å². The number of nitriles is 1. The fraction of sp³-hybridized carbons (Fsp3) is 0.222. The van der Waals surface area contributed by atoms with E-state index in [4.69, 9.17) is 22.6 Å². The number of halogens is 1. The summed E-state index contributed by atoms with van der Waals surface area (Å²) in [5.41, 5.74) is 5.69. The summed E-state index contributed by atoms with van der Waals surface area (Å²) in [5, 5.41) is 12.7. The van der Waals surface area contributed by atoms with Crippen molar-refractivity contribution < 1.29 is 0 Å². The van der Waals surface area contributed by atoms with Gasteiger partial charge in [0.05, 0.1) is 4.34 Å². The molecular formula is C9H8ClN5S. The molecule has 82 valence electrons. The van der Waals surface area contributed by atoms with Crippen LogP contribution in [0.4, 0.5) is 0 Å². The lowest BCUT2D eigenvalue weighted by atomic mass is 10.2. The Morgan fingerprint density at radius 2 is 2.44 bits per heavy atom. The highest BCUT2D eigenvalue weighted by Gasteiger charge is 2.15. The van der Waals surface area contributed by atoms with E-state index in [9.17, 15) is 0 Å². The lowest BCUT2D eigenvalue weighted by Gasteiger charge is -2.12. The van der Waals surface area contributed by atoms with Crippen molar-refractivity contribution >= 4 is 22.9 Å². The van der Waals surface area contributed by atoms with Crippen LogP contribution in [0.1, 0.15) is 16.7 Å². The molecule has 0 fully saturated rings. The Balaban J connectivity index is 2.33. The van der Waals surface area contributed by atoms with Crippen molar-refractivity contribution in [2.45, 2.75) is 6.04 Å². The molecule has 0 aliphatic heterocycles. The first-order valence-corrected chi connectivity index (χ1v) is 5.70. The predicted molar refractivity (Wildman–Crippen MR) is 61.3 cm³/mol. The SMILES string of the molecule is N#Cc1ncn(C(CN)c2ccc(Cl)s2)n1. The molecule has 0 amide bonds. The van der Waals surface area contributed by atoms with Crippen LogP contribution in [-0.2, 0) is 0 Å². The van der Waals surface area contributed by atoms with Gasteiger partial charge in [0.2, 0.25) is 0 Å². The molecule has 2 N–H and O–H groups in total. The molecule has 0 saturated heterocycles. The van der Waals surface area contributed by atoms with Crippen LogP contribution in [0.3, 0.4) is 0 Å². The number of thiophene rings is 1. The van der Waals surface area contributed by atoms with E-state index in [2.05, 4.69) is 10.1 Å². The maximum absolute atomic E-state index is 8.64. The summed E-state index contributed by atoms with van der Waals surface area (Å²) in [6.45, 7) is 0.380. The average molecular weight is 254 g/mol. The second-order valence-corrected chi connectivity index (χ2v) is 4.80. The summed E-state index contributed by atoms with van der Waals surface area (Å²) < 4.78 is 2.29. The fourth-order valence-electron chi connectivity index (χ4n) is 1.34. The Hall–Kier alpha value is -1.42. The van der Waals surface area contributed by atoms with Crippen LogP contribution < -0.4 is 5.73 Å². The third kappa shape index (κ3) is 2.07. The van der Waals surface area contributed by atoms with Crippen LogP contribution in [0.5, 0.6) is 0 Å². The zero-order valence-corrected chi connectivity index (χ0v) is 9.74. The molecule has 2 aromatic heterocycles. The van der Waals surface area contributed by atoms with Gasteiger partial charge < -0.3 is 5.73 Å². The van der Waals surface area contributed by atoms with E-state index < -0.39 is 0 Å². The van der Waals surface area contributed by atoms with Crippen molar-refractivity contribution in [3.8, 4) is 6.07 Å². The Bertz CT molecular complexity index is 526. The zero-order valence-electron chi connectivity index (χ0n) is 8.17. The smallest absolute Gasteiger partial charge is 0.252 e. The second kappa shape index (κ2) is 4.61. The molecule has 0 saturated carbocycles. The first-order chi connectivity index (χ1) is 7.74. The van der Waals surface area contributed by atoms with E-state index in [1.54, 1.807) is 4.68 Å². The summed E-state index contributed by atoms with van der Waals surface area (Å²) in [5.74, 6) is 0.140. The van der Waals surface area contributed by atoms with Crippen LogP contribution in [0, 0.1) is 11.3 Å². The van der Waals surface area contributed by atoms with Crippen molar-refractivity contribution in [1.29, 1.82) is 5.26 Å². The minimum atomic E-state index is -0.118. The van der Waals surface area contributed by atoms with Gasteiger partial charge in [0.25, 0.3) is 5.82 Å². The molecule has 1 atom stereocenters. The molecule has 0 bridgehead atoms. The Kier molecular flexibility index (Phi) is 3.19. The summed E-state index contributed by atoms with van der Waals surface area (Å²) in [6.07, 6.45) is 1.50. The van der Waals surface area contributed by atoms with Gasteiger partial charge in [-0.15, -0.1) is 16.4 Å². The molecule has 0 aliphatic rings. The molecule has 16 heavy (non-hydrogen) atoms. The zero-order chi connectivity index (χ0) is 11.5. The van der Waals surface area contributed by atoms with Gasteiger partial charge in [-0.3, -0.25) is 0 Å². The number of hydrogen-bond acceptors (Lipinski definition) is 5. The molecular weight excluding hydrogens is 246 g/mol. The minimum absolute atomic E-state index is 0.118. The lowest BCUT2D eigenvalue weighted by molar-refractivity contribution is 0.537. The maximum atomic E-state index is 8.64. The van der Waals surface area contributed by atoms with Gasteiger partial charge in [0, 0.05) is 11.4 Å². The van der Waals surface area contributed by atoms with Crippen molar-refractivity contribution in [2.24, 2.45) is 5.73 Å². The van der Waals surface area contributed by atoms with Gasteiger partial charge >= 0.3 is 0 Å². The van der Waals surface area contributed by atoms with Gasteiger partial charge in [0.15, 0.2) is 0 Å². The summed E-state index contributed by atoms with van der Waals surface area (Å²) >= 11 is 7.31. The third-order valence-electron chi connectivity index (χ3n) is 2.07. The third-order valence-corrected chi connectivity index (χ3v) is 3.41. The van der Waals surface area contributed by atoms with Gasteiger partial charge in [0.1, 0.15) is 18.4 Å². The Morgan fingerprint density at radius 3 is 2.94 bits per heavy atom.